The summed E-state index contributed by atoms with van der Waals surface area (Å²) in [5, 5.41) is 2.20. The lowest BCUT2D eigenvalue weighted by atomic mass is 10.1. The summed E-state index contributed by atoms with van der Waals surface area (Å²) in [5.41, 5.74) is 0.940. The van der Waals surface area contributed by atoms with E-state index in [2.05, 4.69) is 17.0 Å². The number of imide groups is 1. The van der Waals surface area contributed by atoms with Gasteiger partial charge in [-0.25, -0.2) is 0 Å². The summed E-state index contributed by atoms with van der Waals surface area (Å²) < 4.78 is 25.5. The van der Waals surface area contributed by atoms with Crippen LogP contribution in [0.5, 0.6) is 0 Å². The SMILES string of the molecule is O=C1NC(=O)c2ccccc21.O=S(=O)(O)S. The molecule has 1 aromatic rings. The minimum atomic E-state index is -3.97. The third-order valence-corrected chi connectivity index (χ3v) is 1.64. The molecule has 1 aromatic carbocycles. The zero-order valence-electron chi connectivity index (χ0n) is 7.75. The number of thiol groups is 1. The molecule has 2 N–H and O–H groups in total. The summed E-state index contributed by atoms with van der Waals surface area (Å²) in [6.07, 6.45) is 0. The number of carbonyl (C=O) groups excluding carboxylic acids is 2. The van der Waals surface area contributed by atoms with Crippen LogP contribution in [0.1, 0.15) is 20.7 Å². The highest BCUT2D eigenvalue weighted by atomic mass is 33.1. The van der Waals surface area contributed by atoms with Crippen LogP contribution < -0.4 is 5.32 Å². The predicted molar refractivity (Wildman–Crippen MR) is 58.8 cm³/mol. The topological polar surface area (TPSA) is 101 Å². The van der Waals surface area contributed by atoms with Crippen LogP contribution in [-0.2, 0) is 9.15 Å². The van der Waals surface area contributed by atoms with E-state index >= 15 is 0 Å². The molecule has 0 unspecified atom stereocenters. The van der Waals surface area contributed by atoms with Crippen LogP contribution in [0.2, 0.25) is 0 Å². The molecule has 0 aromatic heterocycles. The summed E-state index contributed by atoms with van der Waals surface area (Å²) in [6, 6.07) is 6.74. The van der Waals surface area contributed by atoms with Gasteiger partial charge in [0.1, 0.15) is 0 Å². The van der Waals surface area contributed by atoms with Gasteiger partial charge in [-0.05, 0) is 23.8 Å². The number of hydrogen-bond acceptors (Lipinski definition) is 4. The molecule has 0 saturated carbocycles. The number of fused-ring (bicyclic) bond motifs is 1. The van der Waals surface area contributed by atoms with Crippen molar-refractivity contribution in [3.63, 3.8) is 0 Å². The van der Waals surface area contributed by atoms with Crippen molar-refractivity contribution in [2.45, 2.75) is 0 Å². The lowest BCUT2D eigenvalue weighted by molar-refractivity contribution is 0.0879. The van der Waals surface area contributed by atoms with Crippen LogP contribution in [0, 0.1) is 0 Å². The van der Waals surface area contributed by atoms with Crippen LogP contribution in [-0.4, -0.2) is 24.8 Å². The van der Waals surface area contributed by atoms with E-state index in [1.54, 1.807) is 24.3 Å². The van der Waals surface area contributed by atoms with Gasteiger partial charge in [-0.1, -0.05) is 12.1 Å². The lowest BCUT2D eigenvalue weighted by Gasteiger charge is -1.88. The quantitative estimate of drug-likeness (QED) is 0.270. The van der Waals surface area contributed by atoms with Gasteiger partial charge >= 0.3 is 9.15 Å². The average molecular weight is 261 g/mol. The maximum atomic E-state index is 10.9. The zero-order valence-corrected chi connectivity index (χ0v) is 9.46. The van der Waals surface area contributed by atoms with Crippen LogP contribution in [0.3, 0.4) is 0 Å². The molecule has 2 rings (SSSR count). The first-order chi connectivity index (χ1) is 7.29. The Morgan fingerprint density at radius 1 is 1.06 bits per heavy atom. The van der Waals surface area contributed by atoms with Crippen molar-refractivity contribution in [2.75, 3.05) is 0 Å². The maximum Gasteiger partial charge on any atom is 0.316 e. The first-order valence-electron chi connectivity index (χ1n) is 3.93. The second-order valence-corrected chi connectivity index (χ2v) is 5.06. The summed E-state index contributed by atoms with van der Waals surface area (Å²) >= 11 is 2.65. The van der Waals surface area contributed by atoms with Gasteiger partial charge in [0, 0.05) is 0 Å². The largest absolute Gasteiger partial charge is 0.316 e. The van der Waals surface area contributed by atoms with Crippen molar-refractivity contribution in [1.29, 1.82) is 0 Å². The van der Waals surface area contributed by atoms with E-state index in [0.717, 1.165) is 0 Å². The molecule has 2 amide bonds. The molecule has 1 aliphatic rings. The smallest absolute Gasteiger partial charge is 0.288 e. The Labute approximate surface area is 96.2 Å². The molecule has 1 heterocycles. The Kier molecular flexibility index (Phi) is 3.68. The molecular weight excluding hydrogens is 254 g/mol. The lowest BCUT2D eigenvalue weighted by Crippen LogP contribution is -2.19. The molecule has 6 nitrogen and oxygen atoms in total. The van der Waals surface area contributed by atoms with E-state index in [1.165, 1.54) is 0 Å². The average Bonchev–Trinajstić information content (AvgIpc) is 2.41. The highest BCUT2D eigenvalue weighted by molar-refractivity contribution is 8.61. The maximum absolute atomic E-state index is 10.9. The number of hydrogen-bond donors (Lipinski definition) is 3. The summed E-state index contributed by atoms with van der Waals surface area (Å²) in [7, 11) is -3.97. The number of carbonyl (C=O) groups is 2. The number of nitrogens with one attached hydrogen (secondary N) is 1. The Morgan fingerprint density at radius 3 is 1.69 bits per heavy atom. The molecule has 0 radical (unpaired) electrons. The van der Waals surface area contributed by atoms with Crippen molar-refractivity contribution in [3.8, 4) is 0 Å². The van der Waals surface area contributed by atoms with E-state index in [0.29, 0.717) is 11.1 Å². The third kappa shape index (κ3) is 3.65. The predicted octanol–water partition coefficient (Wildman–Crippen LogP) is 0.289. The zero-order chi connectivity index (χ0) is 12.3. The van der Waals surface area contributed by atoms with Gasteiger partial charge in [0.2, 0.25) is 0 Å². The van der Waals surface area contributed by atoms with Gasteiger partial charge in [0.25, 0.3) is 11.8 Å². The second-order valence-electron chi connectivity index (χ2n) is 2.78. The molecule has 8 heteroatoms. The fraction of sp³-hybridized carbons (Fsp3) is 0. The number of rotatable bonds is 0. The molecule has 0 fully saturated rings. The van der Waals surface area contributed by atoms with Gasteiger partial charge in [0.05, 0.1) is 11.1 Å². The molecule has 0 saturated heterocycles. The van der Waals surface area contributed by atoms with E-state index in [9.17, 15) is 9.59 Å². The summed E-state index contributed by atoms with van der Waals surface area (Å²) in [4.78, 5) is 21.9. The third-order valence-electron chi connectivity index (χ3n) is 1.64. The summed E-state index contributed by atoms with van der Waals surface area (Å²) in [6.45, 7) is 0. The normalized spacial score (nSPS) is 13.6. The second kappa shape index (κ2) is 4.64. The van der Waals surface area contributed by atoms with Gasteiger partial charge in [-0.15, -0.1) is 0 Å². The van der Waals surface area contributed by atoms with Crippen molar-refractivity contribution in [2.24, 2.45) is 0 Å². The van der Waals surface area contributed by atoms with E-state index in [4.69, 9.17) is 13.0 Å². The molecule has 0 aliphatic carbocycles. The van der Waals surface area contributed by atoms with E-state index in [-0.39, 0.29) is 11.8 Å². The van der Waals surface area contributed by atoms with Gasteiger partial charge in [-0.2, -0.15) is 8.42 Å². The Morgan fingerprint density at radius 2 is 1.38 bits per heavy atom. The number of benzene rings is 1. The first-order valence-corrected chi connectivity index (χ1v) is 6.43. The Hall–Kier alpha value is -1.38. The van der Waals surface area contributed by atoms with Crippen molar-refractivity contribution >= 4 is 32.6 Å². The molecule has 16 heavy (non-hydrogen) atoms. The molecule has 86 valence electrons. The Balaban J connectivity index is 0.000000221. The van der Waals surface area contributed by atoms with E-state index in [1.807, 2.05) is 0 Å². The van der Waals surface area contributed by atoms with Crippen LogP contribution in [0.4, 0.5) is 0 Å². The van der Waals surface area contributed by atoms with Gasteiger partial charge < -0.3 is 0 Å². The first kappa shape index (κ1) is 12.7. The Bertz CT molecular complexity index is 496. The van der Waals surface area contributed by atoms with Crippen LogP contribution >= 0.6 is 11.7 Å². The summed E-state index contributed by atoms with van der Waals surface area (Å²) in [5.74, 6) is -0.601. The number of amides is 2. The van der Waals surface area contributed by atoms with Crippen molar-refractivity contribution in [3.05, 3.63) is 35.4 Å². The van der Waals surface area contributed by atoms with E-state index < -0.39 is 9.15 Å². The molecule has 0 spiro atoms. The van der Waals surface area contributed by atoms with Crippen LogP contribution in [0.25, 0.3) is 0 Å². The fourth-order valence-electron chi connectivity index (χ4n) is 1.12. The van der Waals surface area contributed by atoms with Gasteiger partial charge in [0.15, 0.2) is 0 Å². The molecule has 0 atom stereocenters. The highest BCUT2D eigenvalue weighted by Gasteiger charge is 2.25. The fourth-order valence-corrected chi connectivity index (χ4v) is 1.12. The van der Waals surface area contributed by atoms with Crippen LogP contribution in [0.15, 0.2) is 24.3 Å². The standard InChI is InChI=1S/C8H5NO2.H2O3S2/c10-7-5-3-1-2-4-6(5)8(11)9-7;1-5(2,3)4/h1-4H,(H,9,10,11);(H2,1,2,3,4). The van der Waals surface area contributed by atoms with Gasteiger partial charge in [-0.3, -0.25) is 19.5 Å². The molecular formula is C8H7NO5S2. The molecule has 1 aliphatic heterocycles. The minimum Gasteiger partial charge on any atom is -0.288 e. The van der Waals surface area contributed by atoms with Crippen molar-refractivity contribution < 1.29 is 22.6 Å². The molecule has 0 bridgehead atoms. The monoisotopic (exact) mass is 261 g/mol. The highest BCUT2D eigenvalue weighted by Crippen LogP contribution is 2.13. The minimum absolute atomic E-state index is 0.300. The van der Waals surface area contributed by atoms with Crippen molar-refractivity contribution in [1.82, 2.24) is 5.32 Å².